The Hall–Kier alpha value is -1.71. The molecule has 3 fully saturated rings. The van der Waals surface area contributed by atoms with E-state index in [0.717, 1.165) is 32.0 Å². The number of likely N-dealkylation sites (N-methyl/N-ethyl adjacent to an activating group) is 1. The Morgan fingerprint density at radius 2 is 1.67 bits per heavy atom. The molecule has 0 aromatic carbocycles. The maximum absolute atomic E-state index is 12.9. The molecule has 1 saturated carbocycles. The molecule has 0 unspecified atom stereocenters. The summed E-state index contributed by atoms with van der Waals surface area (Å²) in [5, 5.41) is 0. The highest BCUT2D eigenvalue weighted by Gasteiger charge is 2.29. The smallest absolute Gasteiger partial charge is 0.244 e. The number of aromatic nitrogens is 1. The summed E-state index contributed by atoms with van der Waals surface area (Å²) < 4.78 is 27.2. The van der Waals surface area contributed by atoms with Gasteiger partial charge < -0.3 is 14.7 Å². The van der Waals surface area contributed by atoms with Gasteiger partial charge in [0.15, 0.2) is 0 Å². The SMILES string of the molecule is CN1CCN(S(=O)(=O)c2ccc(N3CCN(C(=O)CC4CCCC4)CC3)nc2)CC1. The molecule has 2 aliphatic heterocycles. The number of piperazine rings is 2. The fourth-order valence-corrected chi connectivity index (χ4v) is 6.03. The molecular weight excluding hydrogens is 402 g/mol. The van der Waals surface area contributed by atoms with Crippen molar-refractivity contribution in [1.29, 1.82) is 0 Å². The summed E-state index contributed by atoms with van der Waals surface area (Å²) >= 11 is 0. The van der Waals surface area contributed by atoms with Crippen molar-refractivity contribution in [3.05, 3.63) is 18.3 Å². The summed E-state index contributed by atoms with van der Waals surface area (Å²) in [5.74, 6) is 1.63. The first-order valence-corrected chi connectivity index (χ1v) is 12.5. The first-order valence-electron chi connectivity index (χ1n) is 11.1. The highest BCUT2D eigenvalue weighted by Crippen LogP contribution is 2.28. The van der Waals surface area contributed by atoms with E-state index in [1.807, 2.05) is 11.9 Å². The normalized spacial score (nSPS) is 22.6. The monoisotopic (exact) mass is 435 g/mol. The molecule has 30 heavy (non-hydrogen) atoms. The molecule has 0 N–H and O–H groups in total. The molecule has 9 heteroatoms. The van der Waals surface area contributed by atoms with E-state index in [9.17, 15) is 13.2 Å². The number of carbonyl (C=O) groups excluding carboxylic acids is 1. The largest absolute Gasteiger partial charge is 0.353 e. The minimum atomic E-state index is -3.49. The third-order valence-corrected chi connectivity index (χ3v) is 8.60. The molecule has 1 amide bonds. The van der Waals surface area contributed by atoms with Gasteiger partial charge in [-0.15, -0.1) is 0 Å². The molecule has 2 saturated heterocycles. The molecule has 0 bridgehead atoms. The first kappa shape index (κ1) is 21.5. The average molecular weight is 436 g/mol. The number of pyridine rings is 1. The molecule has 0 radical (unpaired) electrons. The van der Waals surface area contributed by atoms with Crippen LogP contribution in [0.4, 0.5) is 5.82 Å². The summed E-state index contributed by atoms with van der Waals surface area (Å²) in [6.45, 7) is 5.38. The van der Waals surface area contributed by atoms with Gasteiger partial charge in [-0.2, -0.15) is 4.31 Å². The number of sulfonamides is 1. The van der Waals surface area contributed by atoms with Crippen LogP contribution in [0, 0.1) is 5.92 Å². The predicted octanol–water partition coefficient (Wildman–Crippen LogP) is 1.25. The van der Waals surface area contributed by atoms with Gasteiger partial charge in [-0.3, -0.25) is 4.79 Å². The zero-order chi connectivity index (χ0) is 21.1. The molecular formula is C21H33N5O3S. The Kier molecular flexibility index (Phi) is 6.60. The fourth-order valence-electron chi connectivity index (χ4n) is 4.67. The van der Waals surface area contributed by atoms with Crippen LogP contribution in [0.15, 0.2) is 23.2 Å². The number of anilines is 1. The van der Waals surface area contributed by atoms with E-state index >= 15 is 0 Å². The molecule has 0 atom stereocenters. The Morgan fingerprint density at radius 1 is 1.00 bits per heavy atom. The van der Waals surface area contributed by atoms with Gasteiger partial charge in [-0.1, -0.05) is 12.8 Å². The molecule has 8 nitrogen and oxygen atoms in total. The molecule has 3 aliphatic rings. The van der Waals surface area contributed by atoms with Crippen LogP contribution in [0.1, 0.15) is 32.1 Å². The first-order chi connectivity index (χ1) is 14.4. The van der Waals surface area contributed by atoms with Crippen molar-refractivity contribution >= 4 is 21.7 Å². The second kappa shape index (κ2) is 9.20. The van der Waals surface area contributed by atoms with E-state index in [1.54, 1.807) is 16.4 Å². The summed E-state index contributed by atoms with van der Waals surface area (Å²) in [6.07, 6.45) is 7.07. The van der Waals surface area contributed by atoms with Crippen LogP contribution in [0.25, 0.3) is 0 Å². The van der Waals surface area contributed by atoms with Crippen LogP contribution in [0.5, 0.6) is 0 Å². The molecule has 0 spiro atoms. The quantitative estimate of drug-likeness (QED) is 0.693. The van der Waals surface area contributed by atoms with Gasteiger partial charge in [0.25, 0.3) is 0 Å². The van der Waals surface area contributed by atoms with Gasteiger partial charge >= 0.3 is 0 Å². The van der Waals surface area contributed by atoms with Gasteiger partial charge in [-0.05, 0) is 37.9 Å². The average Bonchev–Trinajstić information content (AvgIpc) is 3.27. The standard InChI is InChI=1S/C21H33N5O3S/c1-23-8-14-26(15-9-23)30(28,29)19-6-7-20(22-17-19)24-10-12-25(13-11-24)21(27)16-18-4-2-3-5-18/h6-7,17-18H,2-5,8-16H2,1H3. The Balaban J connectivity index is 1.32. The van der Waals surface area contributed by atoms with Gasteiger partial charge in [0, 0.05) is 65.0 Å². The van der Waals surface area contributed by atoms with Crippen molar-refractivity contribution in [3.8, 4) is 0 Å². The highest BCUT2D eigenvalue weighted by atomic mass is 32.2. The van der Waals surface area contributed by atoms with Gasteiger partial charge in [0.2, 0.25) is 15.9 Å². The lowest BCUT2D eigenvalue weighted by Crippen LogP contribution is -2.49. The minimum absolute atomic E-state index is 0.251. The summed E-state index contributed by atoms with van der Waals surface area (Å²) in [4.78, 5) is 23.5. The van der Waals surface area contributed by atoms with Gasteiger partial charge in [-0.25, -0.2) is 13.4 Å². The van der Waals surface area contributed by atoms with Crippen molar-refractivity contribution in [2.75, 3.05) is 64.3 Å². The van der Waals surface area contributed by atoms with Crippen molar-refractivity contribution in [2.45, 2.75) is 37.0 Å². The predicted molar refractivity (Wildman–Crippen MR) is 116 cm³/mol. The van der Waals surface area contributed by atoms with Crippen molar-refractivity contribution in [2.24, 2.45) is 5.92 Å². The van der Waals surface area contributed by atoms with E-state index in [1.165, 1.54) is 31.9 Å². The number of rotatable bonds is 5. The van der Waals surface area contributed by atoms with Crippen LogP contribution in [0.2, 0.25) is 0 Å². The van der Waals surface area contributed by atoms with Crippen LogP contribution in [0.3, 0.4) is 0 Å². The van der Waals surface area contributed by atoms with Crippen molar-refractivity contribution in [1.82, 2.24) is 19.1 Å². The number of amides is 1. The Labute approximate surface area is 179 Å². The molecule has 1 aromatic rings. The zero-order valence-electron chi connectivity index (χ0n) is 17.9. The topological polar surface area (TPSA) is 77.1 Å². The second-order valence-corrected chi connectivity index (χ2v) is 10.7. The minimum Gasteiger partial charge on any atom is -0.353 e. The van der Waals surface area contributed by atoms with E-state index in [2.05, 4.69) is 14.8 Å². The number of hydrogen-bond acceptors (Lipinski definition) is 6. The van der Waals surface area contributed by atoms with E-state index in [-0.39, 0.29) is 10.8 Å². The maximum atomic E-state index is 12.9. The van der Waals surface area contributed by atoms with E-state index in [4.69, 9.17) is 0 Å². The molecule has 3 heterocycles. The highest BCUT2D eigenvalue weighted by molar-refractivity contribution is 7.89. The number of carbonyl (C=O) groups is 1. The van der Waals surface area contributed by atoms with E-state index in [0.29, 0.717) is 38.5 Å². The summed E-state index contributed by atoms with van der Waals surface area (Å²) in [6, 6.07) is 3.45. The van der Waals surface area contributed by atoms with Crippen molar-refractivity contribution in [3.63, 3.8) is 0 Å². The third-order valence-electron chi connectivity index (χ3n) is 6.72. The fraction of sp³-hybridized carbons (Fsp3) is 0.714. The molecule has 166 valence electrons. The second-order valence-electron chi connectivity index (χ2n) is 8.78. The van der Waals surface area contributed by atoms with Crippen molar-refractivity contribution < 1.29 is 13.2 Å². The van der Waals surface area contributed by atoms with Crippen LogP contribution in [-0.2, 0) is 14.8 Å². The van der Waals surface area contributed by atoms with Crippen LogP contribution < -0.4 is 4.90 Å². The number of hydrogen-bond donors (Lipinski definition) is 0. The van der Waals surface area contributed by atoms with Crippen LogP contribution >= 0.6 is 0 Å². The molecule has 1 aromatic heterocycles. The Bertz CT molecular complexity index is 823. The third kappa shape index (κ3) is 4.78. The molecule has 1 aliphatic carbocycles. The van der Waals surface area contributed by atoms with E-state index < -0.39 is 10.0 Å². The lowest BCUT2D eigenvalue weighted by Gasteiger charge is -2.36. The summed E-state index contributed by atoms with van der Waals surface area (Å²) in [5.41, 5.74) is 0. The van der Waals surface area contributed by atoms with Crippen LogP contribution in [-0.4, -0.2) is 92.8 Å². The Morgan fingerprint density at radius 3 is 2.27 bits per heavy atom. The lowest BCUT2D eigenvalue weighted by molar-refractivity contribution is -0.132. The maximum Gasteiger partial charge on any atom is 0.244 e. The molecule has 4 rings (SSSR count). The number of nitrogens with zero attached hydrogens (tertiary/aromatic N) is 5. The summed E-state index contributed by atoms with van der Waals surface area (Å²) in [7, 11) is -1.49. The lowest BCUT2D eigenvalue weighted by atomic mass is 10.0. The van der Waals surface area contributed by atoms with Gasteiger partial charge in [0.05, 0.1) is 0 Å². The zero-order valence-corrected chi connectivity index (χ0v) is 18.7. The van der Waals surface area contributed by atoms with Gasteiger partial charge in [0.1, 0.15) is 10.7 Å².